The Morgan fingerprint density at radius 2 is 1.35 bits per heavy atom. The summed E-state index contributed by atoms with van der Waals surface area (Å²) >= 11 is 0. The first kappa shape index (κ1) is 29.2. The summed E-state index contributed by atoms with van der Waals surface area (Å²) in [7, 11) is 0. The Morgan fingerprint density at radius 3 is 1.77 bits per heavy atom. The van der Waals surface area contributed by atoms with Crippen LogP contribution in [0.25, 0.3) is 0 Å². The van der Waals surface area contributed by atoms with Crippen molar-refractivity contribution in [3.63, 3.8) is 0 Å². The van der Waals surface area contributed by atoms with Gasteiger partial charge in [-0.3, -0.25) is 9.80 Å². The van der Waals surface area contributed by atoms with Crippen molar-refractivity contribution in [2.24, 2.45) is 0 Å². The van der Waals surface area contributed by atoms with Crippen molar-refractivity contribution < 1.29 is 28.9 Å². The molecular weight excluding hydrogens is 453 g/mol. The Balaban J connectivity index is 0.00000300. The highest BCUT2D eigenvalue weighted by Gasteiger charge is 2.26. The van der Waals surface area contributed by atoms with E-state index in [0.29, 0.717) is 13.2 Å². The molecule has 0 atom stereocenters. The predicted octanol–water partition coefficient (Wildman–Crippen LogP) is 2.79. The van der Waals surface area contributed by atoms with E-state index in [1.165, 1.54) is 24.3 Å². The molecule has 31 heavy (non-hydrogen) atoms. The molecule has 1 aliphatic heterocycles. The minimum absolute atomic E-state index is 0. The molecule has 3 N–H and O–H groups in total. The normalized spacial score (nSPS) is 14.3. The lowest BCUT2D eigenvalue weighted by molar-refractivity contribution is -0.142. The highest BCUT2D eigenvalue weighted by atomic mass is 35.5. The first-order valence-corrected chi connectivity index (χ1v) is 9.30. The zero-order valence-corrected chi connectivity index (χ0v) is 18.5. The Labute approximate surface area is 192 Å². The minimum atomic E-state index is -0.966. The summed E-state index contributed by atoms with van der Waals surface area (Å²) in [6, 6.07) is 12.8. The van der Waals surface area contributed by atoms with Gasteiger partial charge >= 0.3 is 5.97 Å². The van der Waals surface area contributed by atoms with Crippen LogP contribution in [0.3, 0.4) is 0 Å². The van der Waals surface area contributed by atoms with Gasteiger partial charge in [-0.2, -0.15) is 0 Å². The van der Waals surface area contributed by atoms with Crippen LogP contribution >= 0.6 is 24.8 Å². The third-order valence-corrected chi connectivity index (χ3v) is 4.92. The van der Waals surface area contributed by atoms with Crippen LogP contribution < -0.4 is 0 Å². The third kappa shape index (κ3) is 8.68. The summed E-state index contributed by atoms with van der Waals surface area (Å²) in [5.41, 5.74) is 1.93. The van der Waals surface area contributed by atoms with Gasteiger partial charge in [0.25, 0.3) is 0 Å². The molecule has 1 fully saturated rings. The molecule has 2 aromatic rings. The van der Waals surface area contributed by atoms with Crippen molar-refractivity contribution >= 4 is 30.8 Å². The molecule has 1 heterocycles. The van der Waals surface area contributed by atoms with E-state index < -0.39 is 5.97 Å². The van der Waals surface area contributed by atoms with E-state index in [0.717, 1.165) is 37.3 Å². The van der Waals surface area contributed by atoms with Gasteiger partial charge < -0.3 is 15.3 Å². The van der Waals surface area contributed by atoms with Crippen LogP contribution in [0.15, 0.2) is 48.5 Å². The van der Waals surface area contributed by atoms with Crippen LogP contribution in [0.1, 0.15) is 17.2 Å². The average molecular weight is 481 g/mol. The quantitative estimate of drug-likeness (QED) is 0.587. The van der Waals surface area contributed by atoms with E-state index in [-0.39, 0.29) is 54.6 Å². The lowest BCUT2D eigenvalue weighted by Gasteiger charge is -2.39. The zero-order chi connectivity index (χ0) is 19.9. The van der Waals surface area contributed by atoms with Gasteiger partial charge in [0.05, 0.1) is 12.6 Å². The molecule has 0 aliphatic carbocycles. The predicted molar refractivity (Wildman–Crippen MR) is 119 cm³/mol. The van der Waals surface area contributed by atoms with Gasteiger partial charge in [0.1, 0.15) is 18.2 Å². The number of carboxylic acids is 1. The van der Waals surface area contributed by atoms with Crippen molar-refractivity contribution in [2.45, 2.75) is 6.04 Å². The van der Waals surface area contributed by atoms with Crippen molar-refractivity contribution in [2.75, 3.05) is 45.9 Å². The number of hydrogen-bond donors (Lipinski definition) is 1. The second-order valence-electron chi connectivity index (χ2n) is 6.83. The summed E-state index contributed by atoms with van der Waals surface area (Å²) in [5.74, 6) is -1.54. The first-order valence-electron chi connectivity index (χ1n) is 9.30. The van der Waals surface area contributed by atoms with Crippen molar-refractivity contribution in [3.8, 4) is 0 Å². The molecule has 2 aromatic carbocycles. The molecular formula is C21H28Cl2F2N2O4. The number of halogens is 4. The Hall–Kier alpha value is -1.81. The highest BCUT2D eigenvalue weighted by Crippen LogP contribution is 2.30. The number of rotatable bonds is 8. The molecule has 3 rings (SSSR count). The van der Waals surface area contributed by atoms with Crippen LogP contribution in [-0.2, 0) is 9.53 Å². The number of hydrogen-bond acceptors (Lipinski definition) is 4. The van der Waals surface area contributed by atoms with Gasteiger partial charge in [-0.15, -0.1) is 24.8 Å². The van der Waals surface area contributed by atoms with Crippen LogP contribution in [0, 0.1) is 11.6 Å². The summed E-state index contributed by atoms with van der Waals surface area (Å²) in [6.45, 7) is 3.99. The first-order chi connectivity index (χ1) is 13.5. The van der Waals surface area contributed by atoms with E-state index in [1.807, 2.05) is 0 Å². The molecule has 0 spiro atoms. The number of carboxylic acid groups (broad SMARTS) is 1. The van der Waals surface area contributed by atoms with Crippen LogP contribution in [0.5, 0.6) is 0 Å². The van der Waals surface area contributed by atoms with Gasteiger partial charge in [0.15, 0.2) is 0 Å². The maximum atomic E-state index is 13.4. The maximum Gasteiger partial charge on any atom is 0.329 e. The van der Waals surface area contributed by atoms with E-state index >= 15 is 0 Å². The molecule has 1 aliphatic rings. The van der Waals surface area contributed by atoms with Gasteiger partial charge in [-0.25, -0.2) is 13.6 Å². The molecule has 10 heteroatoms. The van der Waals surface area contributed by atoms with E-state index in [1.54, 1.807) is 24.3 Å². The number of carbonyl (C=O) groups is 1. The van der Waals surface area contributed by atoms with E-state index in [9.17, 15) is 13.6 Å². The lowest BCUT2D eigenvalue weighted by atomic mass is 9.96. The Kier molecular flexibility index (Phi) is 13.5. The largest absolute Gasteiger partial charge is 0.480 e. The smallest absolute Gasteiger partial charge is 0.329 e. The monoisotopic (exact) mass is 480 g/mol. The fourth-order valence-electron chi connectivity index (χ4n) is 3.50. The minimum Gasteiger partial charge on any atom is -0.480 e. The third-order valence-electron chi connectivity index (χ3n) is 4.92. The second-order valence-corrected chi connectivity index (χ2v) is 6.83. The molecule has 0 bridgehead atoms. The Bertz CT molecular complexity index is 728. The summed E-state index contributed by atoms with van der Waals surface area (Å²) in [6.07, 6.45) is 0. The molecule has 0 radical (unpaired) electrons. The molecule has 174 valence electrons. The molecule has 1 saturated heterocycles. The fraction of sp³-hybridized carbons (Fsp3) is 0.381. The topological polar surface area (TPSA) is 84.5 Å². The second kappa shape index (κ2) is 14.3. The molecule has 0 aromatic heterocycles. The molecule has 0 saturated carbocycles. The van der Waals surface area contributed by atoms with Gasteiger partial charge in [0.2, 0.25) is 0 Å². The van der Waals surface area contributed by atoms with Crippen LogP contribution in [0.4, 0.5) is 8.78 Å². The number of ether oxygens (including phenoxy) is 1. The van der Waals surface area contributed by atoms with E-state index in [2.05, 4.69) is 9.80 Å². The Morgan fingerprint density at radius 1 is 0.903 bits per heavy atom. The number of aliphatic carboxylic acids is 1. The van der Waals surface area contributed by atoms with Crippen molar-refractivity contribution in [1.29, 1.82) is 0 Å². The van der Waals surface area contributed by atoms with Crippen molar-refractivity contribution in [1.82, 2.24) is 9.80 Å². The summed E-state index contributed by atoms with van der Waals surface area (Å²) in [4.78, 5) is 15.0. The standard InChI is InChI=1S/C21H24F2N2O3.2ClH.H2O/c22-18-5-1-16(2-6-18)21(17-3-7-19(23)8-4-17)25-11-9-24(10-12-25)13-14-28-15-20(26)27;;;/h1-8,21H,9-15H2,(H,26,27);2*1H;1H2. The number of nitrogens with zero attached hydrogens (tertiary/aromatic N) is 2. The van der Waals surface area contributed by atoms with Crippen molar-refractivity contribution in [3.05, 3.63) is 71.3 Å². The van der Waals surface area contributed by atoms with Gasteiger partial charge in [0, 0.05) is 32.7 Å². The summed E-state index contributed by atoms with van der Waals surface area (Å²) in [5, 5.41) is 8.60. The number of piperazine rings is 1. The van der Waals surface area contributed by atoms with Crippen LogP contribution in [-0.4, -0.2) is 72.3 Å². The molecule has 0 unspecified atom stereocenters. The zero-order valence-electron chi connectivity index (χ0n) is 16.9. The SMILES string of the molecule is Cl.Cl.O.O=C(O)COCCN1CCN(C(c2ccc(F)cc2)c2ccc(F)cc2)CC1. The molecule has 6 nitrogen and oxygen atoms in total. The number of benzene rings is 2. The van der Waals surface area contributed by atoms with Gasteiger partial charge in [-0.05, 0) is 35.4 Å². The lowest BCUT2D eigenvalue weighted by Crippen LogP contribution is -2.48. The van der Waals surface area contributed by atoms with Gasteiger partial charge in [-0.1, -0.05) is 24.3 Å². The van der Waals surface area contributed by atoms with Crippen LogP contribution in [0.2, 0.25) is 0 Å². The summed E-state index contributed by atoms with van der Waals surface area (Å²) < 4.78 is 31.9. The highest BCUT2D eigenvalue weighted by molar-refractivity contribution is 5.85. The maximum absolute atomic E-state index is 13.4. The average Bonchev–Trinajstić information content (AvgIpc) is 2.69. The van der Waals surface area contributed by atoms with E-state index in [4.69, 9.17) is 9.84 Å². The molecule has 0 amide bonds. The fourth-order valence-corrected chi connectivity index (χ4v) is 3.50.